The number of fused-ring (bicyclic) bond motifs is 1. The zero-order chi connectivity index (χ0) is 25.2. The molecule has 0 aliphatic heterocycles. The molecule has 180 valence electrons. The van der Waals surface area contributed by atoms with Crippen LogP contribution in [0.2, 0.25) is 0 Å². The molecule has 0 fully saturated rings. The third-order valence-corrected chi connectivity index (χ3v) is 6.04. The number of aryl methyl sites for hydroxylation is 2. The van der Waals surface area contributed by atoms with E-state index in [0.717, 1.165) is 22.5 Å². The number of hydrogen-bond acceptors (Lipinski definition) is 5. The normalized spacial score (nSPS) is 11.0. The molecular weight excluding hydrogens is 454 g/mol. The summed E-state index contributed by atoms with van der Waals surface area (Å²) >= 11 is 0. The smallest absolute Gasteiger partial charge is 0.262 e. The van der Waals surface area contributed by atoms with Gasteiger partial charge < -0.3 is 14.5 Å². The average Bonchev–Trinajstić information content (AvgIpc) is 3.17. The van der Waals surface area contributed by atoms with Crippen LogP contribution in [0.4, 0.5) is 5.69 Å². The van der Waals surface area contributed by atoms with Crippen LogP contribution in [-0.2, 0) is 4.79 Å². The van der Waals surface area contributed by atoms with Gasteiger partial charge in [-0.1, -0.05) is 48.0 Å². The standard InChI is InChI=1S/C29H25N3O4/c1-18-9-11-22(12-10-18)32-20(3)28(19(2)31-32)30-27(33)17-35-23-13-14-24-26(15-23)36-16-25(29(24)34)21-7-5-4-6-8-21/h4-16H,17H2,1-3H3,(H,30,33). The summed E-state index contributed by atoms with van der Waals surface area (Å²) in [5.41, 5.74) is 5.83. The van der Waals surface area contributed by atoms with E-state index in [9.17, 15) is 9.59 Å². The van der Waals surface area contributed by atoms with Gasteiger partial charge >= 0.3 is 0 Å². The summed E-state index contributed by atoms with van der Waals surface area (Å²) in [5, 5.41) is 7.92. The number of benzene rings is 3. The van der Waals surface area contributed by atoms with E-state index in [4.69, 9.17) is 9.15 Å². The first kappa shape index (κ1) is 23.1. The van der Waals surface area contributed by atoms with E-state index in [1.165, 1.54) is 6.26 Å². The molecule has 7 heteroatoms. The molecule has 36 heavy (non-hydrogen) atoms. The van der Waals surface area contributed by atoms with Crippen molar-refractivity contribution in [2.75, 3.05) is 11.9 Å². The maximum Gasteiger partial charge on any atom is 0.262 e. The van der Waals surface area contributed by atoms with Crippen LogP contribution in [0.3, 0.4) is 0 Å². The van der Waals surface area contributed by atoms with E-state index in [0.29, 0.717) is 33.7 Å². The number of nitrogens with one attached hydrogen (secondary N) is 1. The molecular formula is C29H25N3O4. The predicted molar refractivity (Wildman–Crippen MR) is 140 cm³/mol. The molecule has 5 rings (SSSR count). The Balaban J connectivity index is 1.29. The number of carbonyl (C=O) groups is 1. The second kappa shape index (κ2) is 9.54. The van der Waals surface area contributed by atoms with Crippen LogP contribution in [0.25, 0.3) is 27.8 Å². The molecule has 0 unspecified atom stereocenters. The second-order valence-electron chi connectivity index (χ2n) is 8.63. The van der Waals surface area contributed by atoms with Gasteiger partial charge in [-0.2, -0.15) is 5.10 Å². The van der Waals surface area contributed by atoms with E-state index in [1.54, 1.807) is 22.9 Å². The molecule has 5 aromatic rings. The lowest BCUT2D eigenvalue weighted by molar-refractivity contribution is -0.118. The monoisotopic (exact) mass is 479 g/mol. The lowest BCUT2D eigenvalue weighted by Gasteiger charge is -2.09. The minimum absolute atomic E-state index is 0.122. The Hall–Kier alpha value is -4.65. The first-order valence-corrected chi connectivity index (χ1v) is 11.6. The number of rotatable bonds is 6. The van der Waals surface area contributed by atoms with E-state index in [-0.39, 0.29) is 17.9 Å². The van der Waals surface area contributed by atoms with Crippen molar-refractivity contribution in [2.45, 2.75) is 20.8 Å². The summed E-state index contributed by atoms with van der Waals surface area (Å²) in [7, 11) is 0. The van der Waals surface area contributed by atoms with Gasteiger partial charge in [-0.15, -0.1) is 0 Å². The summed E-state index contributed by atoms with van der Waals surface area (Å²) in [4.78, 5) is 25.6. The van der Waals surface area contributed by atoms with Crippen LogP contribution in [0.5, 0.6) is 5.75 Å². The Morgan fingerprint density at radius 1 is 1.00 bits per heavy atom. The van der Waals surface area contributed by atoms with Crippen molar-refractivity contribution in [1.82, 2.24) is 9.78 Å². The van der Waals surface area contributed by atoms with E-state index < -0.39 is 0 Å². The fourth-order valence-electron chi connectivity index (χ4n) is 4.10. The second-order valence-corrected chi connectivity index (χ2v) is 8.63. The van der Waals surface area contributed by atoms with E-state index >= 15 is 0 Å². The van der Waals surface area contributed by atoms with Crippen LogP contribution >= 0.6 is 0 Å². The van der Waals surface area contributed by atoms with Gasteiger partial charge in [0.25, 0.3) is 5.91 Å². The minimum atomic E-state index is -0.314. The van der Waals surface area contributed by atoms with Gasteiger partial charge in [-0.25, -0.2) is 4.68 Å². The van der Waals surface area contributed by atoms with Crippen LogP contribution in [-0.4, -0.2) is 22.3 Å². The molecule has 2 aromatic heterocycles. The highest BCUT2D eigenvalue weighted by atomic mass is 16.5. The molecule has 0 aliphatic rings. The van der Waals surface area contributed by atoms with Gasteiger partial charge in [-0.05, 0) is 50.6 Å². The number of nitrogens with zero attached hydrogens (tertiary/aromatic N) is 2. The van der Waals surface area contributed by atoms with Crippen molar-refractivity contribution in [2.24, 2.45) is 0 Å². The molecule has 0 spiro atoms. The number of hydrogen-bond donors (Lipinski definition) is 1. The van der Waals surface area contributed by atoms with Crippen LogP contribution in [0.1, 0.15) is 17.0 Å². The Bertz CT molecular complexity index is 1620. The predicted octanol–water partition coefficient (Wildman–Crippen LogP) is 5.59. The molecule has 1 amide bonds. The quantitative estimate of drug-likeness (QED) is 0.343. The number of anilines is 1. The number of ether oxygens (including phenoxy) is 1. The summed E-state index contributed by atoms with van der Waals surface area (Å²) in [6.45, 7) is 5.59. The van der Waals surface area contributed by atoms with Crippen molar-refractivity contribution < 1.29 is 13.9 Å². The van der Waals surface area contributed by atoms with E-state index in [1.807, 2.05) is 75.4 Å². The molecule has 3 aromatic carbocycles. The fourth-order valence-corrected chi connectivity index (χ4v) is 4.10. The molecule has 0 radical (unpaired) electrons. The highest BCUT2D eigenvalue weighted by molar-refractivity contribution is 5.93. The molecule has 0 saturated heterocycles. The van der Waals surface area contributed by atoms with Crippen molar-refractivity contribution >= 4 is 22.6 Å². The summed E-state index contributed by atoms with van der Waals surface area (Å²) < 4.78 is 13.2. The summed E-state index contributed by atoms with van der Waals surface area (Å²) in [5.74, 6) is 0.114. The maximum atomic E-state index is 12.9. The zero-order valence-electron chi connectivity index (χ0n) is 20.2. The van der Waals surface area contributed by atoms with Crippen LogP contribution in [0.15, 0.2) is 88.3 Å². The van der Waals surface area contributed by atoms with Gasteiger partial charge in [-0.3, -0.25) is 9.59 Å². The fraction of sp³-hybridized carbons (Fsp3) is 0.138. The lowest BCUT2D eigenvalue weighted by atomic mass is 10.1. The Morgan fingerprint density at radius 2 is 1.75 bits per heavy atom. The number of carbonyl (C=O) groups excluding carboxylic acids is 1. The van der Waals surface area contributed by atoms with Gasteiger partial charge in [0.1, 0.15) is 17.6 Å². The molecule has 7 nitrogen and oxygen atoms in total. The van der Waals surface area contributed by atoms with Gasteiger partial charge in [0, 0.05) is 6.07 Å². The third kappa shape index (κ3) is 4.51. The van der Waals surface area contributed by atoms with Crippen LogP contribution in [0, 0.1) is 20.8 Å². The third-order valence-electron chi connectivity index (χ3n) is 6.04. The molecule has 1 N–H and O–H groups in total. The van der Waals surface area contributed by atoms with Crippen molar-refractivity contribution in [3.63, 3.8) is 0 Å². The topological polar surface area (TPSA) is 86.4 Å². The van der Waals surface area contributed by atoms with Gasteiger partial charge in [0.15, 0.2) is 12.0 Å². The first-order valence-electron chi connectivity index (χ1n) is 11.6. The Labute approximate surface area is 208 Å². The van der Waals surface area contributed by atoms with E-state index in [2.05, 4.69) is 10.4 Å². The molecule has 2 heterocycles. The van der Waals surface area contributed by atoms with Crippen molar-refractivity contribution in [1.29, 1.82) is 0 Å². The minimum Gasteiger partial charge on any atom is -0.484 e. The molecule has 0 bridgehead atoms. The maximum absolute atomic E-state index is 12.9. The highest BCUT2D eigenvalue weighted by Gasteiger charge is 2.16. The van der Waals surface area contributed by atoms with Crippen molar-refractivity contribution in [3.05, 3.63) is 106 Å². The summed E-state index contributed by atoms with van der Waals surface area (Å²) in [6.07, 6.45) is 1.45. The van der Waals surface area contributed by atoms with Crippen LogP contribution < -0.4 is 15.5 Å². The average molecular weight is 480 g/mol. The SMILES string of the molecule is Cc1ccc(-n2nc(C)c(NC(=O)COc3ccc4c(=O)c(-c5ccccc5)coc4c3)c2C)cc1. The largest absolute Gasteiger partial charge is 0.484 e. The molecule has 0 aliphatic carbocycles. The number of aromatic nitrogens is 2. The van der Waals surface area contributed by atoms with Gasteiger partial charge in [0.05, 0.1) is 33.7 Å². The first-order chi connectivity index (χ1) is 17.4. The lowest BCUT2D eigenvalue weighted by Crippen LogP contribution is -2.21. The highest BCUT2D eigenvalue weighted by Crippen LogP contribution is 2.25. The van der Waals surface area contributed by atoms with Gasteiger partial charge in [0.2, 0.25) is 0 Å². The zero-order valence-corrected chi connectivity index (χ0v) is 20.2. The summed E-state index contributed by atoms with van der Waals surface area (Å²) in [6, 6.07) is 22.3. The van der Waals surface area contributed by atoms with Crippen molar-refractivity contribution in [3.8, 4) is 22.6 Å². The number of amides is 1. The molecule has 0 atom stereocenters. The molecule has 0 saturated carbocycles. The Kier molecular flexibility index (Phi) is 6.12. The Morgan fingerprint density at radius 3 is 2.50 bits per heavy atom.